The van der Waals surface area contributed by atoms with Gasteiger partial charge < -0.3 is 9.30 Å². The molecular formula is C28H27NO. The molecule has 2 heteroatoms. The Morgan fingerprint density at radius 3 is 2.30 bits per heavy atom. The van der Waals surface area contributed by atoms with E-state index in [0.717, 1.165) is 38.2 Å². The highest BCUT2D eigenvalue weighted by atomic mass is 16.5. The average Bonchev–Trinajstić information content (AvgIpc) is 3.11. The third-order valence-electron chi connectivity index (χ3n) is 6.02. The number of hydrogen-bond acceptors (Lipinski definition) is 1. The van der Waals surface area contributed by atoms with Gasteiger partial charge in [-0.3, -0.25) is 0 Å². The molecule has 0 radical (unpaired) electrons. The molecular weight excluding hydrogens is 366 g/mol. The third kappa shape index (κ3) is 3.33. The van der Waals surface area contributed by atoms with Crippen molar-refractivity contribution in [1.29, 1.82) is 0 Å². The highest BCUT2D eigenvalue weighted by molar-refractivity contribution is 6.14. The molecule has 0 N–H and O–H groups in total. The summed E-state index contributed by atoms with van der Waals surface area (Å²) >= 11 is 0. The topological polar surface area (TPSA) is 14.2 Å². The summed E-state index contributed by atoms with van der Waals surface area (Å²) in [4.78, 5) is 0. The summed E-state index contributed by atoms with van der Waals surface area (Å²) in [6.07, 6.45) is 3.17. The fourth-order valence-electron chi connectivity index (χ4n) is 4.65. The van der Waals surface area contributed by atoms with Gasteiger partial charge in [-0.2, -0.15) is 0 Å². The maximum absolute atomic E-state index is 5.89. The Kier molecular flexibility index (Phi) is 5.15. The molecule has 0 amide bonds. The molecule has 0 fully saturated rings. The molecule has 0 aliphatic heterocycles. The van der Waals surface area contributed by atoms with E-state index < -0.39 is 0 Å². The van der Waals surface area contributed by atoms with Crippen molar-refractivity contribution in [2.45, 2.75) is 32.7 Å². The molecule has 0 bridgehead atoms. The van der Waals surface area contributed by atoms with Crippen LogP contribution in [-0.4, -0.2) is 11.2 Å². The Bertz CT molecular complexity index is 1300. The number of hydrogen-bond donors (Lipinski definition) is 0. The molecule has 150 valence electrons. The predicted octanol–water partition coefficient (Wildman–Crippen LogP) is 7.37. The number of aryl methyl sites for hydroxylation is 2. The van der Waals surface area contributed by atoms with E-state index >= 15 is 0 Å². The Hall–Kier alpha value is -3.26. The van der Waals surface area contributed by atoms with E-state index in [9.17, 15) is 0 Å². The Labute approximate surface area is 177 Å². The van der Waals surface area contributed by atoms with E-state index in [4.69, 9.17) is 4.74 Å². The van der Waals surface area contributed by atoms with Crippen LogP contribution >= 0.6 is 0 Å². The van der Waals surface area contributed by atoms with Crippen LogP contribution in [0.3, 0.4) is 0 Å². The van der Waals surface area contributed by atoms with Gasteiger partial charge in [0.15, 0.2) is 0 Å². The van der Waals surface area contributed by atoms with E-state index in [2.05, 4.69) is 66.1 Å². The van der Waals surface area contributed by atoms with Gasteiger partial charge >= 0.3 is 0 Å². The number of unbranched alkanes of at least 4 members (excludes halogenated alkanes) is 1. The Morgan fingerprint density at radius 2 is 1.47 bits per heavy atom. The number of aromatic nitrogens is 1. The highest BCUT2D eigenvalue weighted by Crippen LogP contribution is 2.36. The van der Waals surface area contributed by atoms with Gasteiger partial charge in [-0.25, -0.2) is 0 Å². The van der Waals surface area contributed by atoms with E-state index in [0.29, 0.717) is 0 Å². The summed E-state index contributed by atoms with van der Waals surface area (Å²) in [6.45, 7) is 4.04. The lowest BCUT2D eigenvalue weighted by Crippen LogP contribution is -2.03. The zero-order valence-electron chi connectivity index (χ0n) is 17.5. The quantitative estimate of drug-likeness (QED) is 0.263. The van der Waals surface area contributed by atoms with Crippen molar-refractivity contribution in [3.05, 3.63) is 90.5 Å². The normalized spacial score (nSPS) is 11.5. The van der Waals surface area contributed by atoms with Crippen molar-refractivity contribution in [2.75, 3.05) is 6.61 Å². The fraction of sp³-hybridized carbons (Fsp3) is 0.214. The zero-order valence-corrected chi connectivity index (χ0v) is 17.5. The van der Waals surface area contributed by atoms with Gasteiger partial charge in [-0.15, -0.1) is 0 Å². The summed E-state index contributed by atoms with van der Waals surface area (Å²) in [6, 6.07) is 30.1. The van der Waals surface area contributed by atoms with Gasteiger partial charge in [-0.1, -0.05) is 67.6 Å². The Balaban J connectivity index is 1.49. The minimum absolute atomic E-state index is 0.755. The molecule has 5 aromatic rings. The lowest BCUT2D eigenvalue weighted by molar-refractivity contribution is 0.304. The number of ether oxygens (including phenoxy) is 1. The molecule has 30 heavy (non-hydrogen) atoms. The van der Waals surface area contributed by atoms with Crippen molar-refractivity contribution in [1.82, 2.24) is 4.57 Å². The van der Waals surface area contributed by atoms with Crippen molar-refractivity contribution in [3.63, 3.8) is 0 Å². The molecule has 1 aromatic heterocycles. The first-order chi connectivity index (χ1) is 14.9. The summed E-state index contributed by atoms with van der Waals surface area (Å²) < 4.78 is 8.43. The second kappa shape index (κ2) is 8.23. The minimum Gasteiger partial charge on any atom is -0.494 e. The van der Waals surface area contributed by atoms with Crippen molar-refractivity contribution >= 4 is 32.6 Å². The third-order valence-corrected chi connectivity index (χ3v) is 6.02. The van der Waals surface area contributed by atoms with Crippen molar-refractivity contribution in [3.8, 4) is 5.75 Å². The lowest BCUT2D eigenvalue weighted by atomic mass is 9.98. The van der Waals surface area contributed by atoms with Crippen LogP contribution in [0.1, 0.15) is 25.3 Å². The molecule has 0 aliphatic rings. The number of benzene rings is 4. The highest BCUT2D eigenvalue weighted by Gasteiger charge is 2.15. The van der Waals surface area contributed by atoms with Crippen LogP contribution in [0.15, 0.2) is 84.9 Å². The molecule has 1 heterocycles. The van der Waals surface area contributed by atoms with Gasteiger partial charge in [0.2, 0.25) is 0 Å². The molecule has 0 saturated heterocycles. The van der Waals surface area contributed by atoms with Gasteiger partial charge in [0, 0.05) is 22.8 Å². The number of nitrogens with zero attached hydrogens (tertiary/aromatic N) is 1. The van der Waals surface area contributed by atoms with E-state index in [1.807, 2.05) is 30.3 Å². The van der Waals surface area contributed by atoms with E-state index in [-0.39, 0.29) is 0 Å². The predicted molar refractivity (Wildman–Crippen MR) is 127 cm³/mol. The number of rotatable bonds is 7. The van der Waals surface area contributed by atoms with Gasteiger partial charge in [0.25, 0.3) is 0 Å². The van der Waals surface area contributed by atoms with Gasteiger partial charge in [0.05, 0.1) is 12.1 Å². The van der Waals surface area contributed by atoms with E-state index in [1.54, 1.807) is 0 Å². The molecule has 0 aliphatic carbocycles. The maximum Gasteiger partial charge on any atom is 0.119 e. The monoisotopic (exact) mass is 393 g/mol. The summed E-state index contributed by atoms with van der Waals surface area (Å²) in [5, 5.41) is 5.44. The molecule has 0 saturated carbocycles. The van der Waals surface area contributed by atoms with Crippen LogP contribution in [0, 0.1) is 0 Å². The first-order valence-corrected chi connectivity index (χ1v) is 11.0. The molecule has 0 atom stereocenters. The van der Waals surface area contributed by atoms with Crippen molar-refractivity contribution < 1.29 is 4.74 Å². The summed E-state index contributed by atoms with van der Waals surface area (Å²) in [5.74, 6) is 0.953. The maximum atomic E-state index is 5.89. The van der Waals surface area contributed by atoms with Crippen LogP contribution in [0.25, 0.3) is 32.6 Å². The number of fused-ring (bicyclic) bond motifs is 4. The second-order valence-corrected chi connectivity index (χ2v) is 7.86. The smallest absolute Gasteiger partial charge is 0.119 e. The summed E-state index contributed by atoms with van der Waals surface area (Å²) in [7, 11) is 0. The van der Waals surface area contributed by atoms with Crippen LogP contribution < -0.4 is 4.74 Å². The van der Waals surface area contributed by atoms with E-state index in [1.165, 1.54) is 38.1 Å². The number of para-hydroxylation sites is 2. The average molecular weight is 394 g/mol. The first-order valence-electron chi connectivity index (χ1n) is 11.0. The van der Waals surface area contributed by atoms with Gasteiger partial charge in [0.1, 0.15) is 5.75 Å². The van der Waals surface area contributed by atoms with Crippen LogP contribution in [0.4, 0.5) is 0 Å². The fourth-order valence-corrected chi connectivity index (χ4v) is 4.65. The Morgan fingerprint density at radius 1 is 0.733 bits per heavy atom. The first kappa shape index (κ1) is 18.7. The standard InChI is InChI=1S/C28H27NO/c1-2-23-24-15-7-6-12-21(24)20-26-25-16-8-9-17-27(25)29(28(23)26)18-10-11-19-30-22-13-4-3-5-14-22/h3-9,12-17,20H,2,10-11,18-19H2,1H3. The van der Waals surface area contributed by atoms with Crippen LogP contribution in [0.2, 0.25) is 0 Å². The zero-order chi connectivity index (χ0) is 20.3. The minimum atomic E-state index is 0.755. The van der Waals surface area contributed by atoms with Gasteiger partial charge in [-0.05, 0) is 59.9 Å². The summed E-state index contributed by atoms with van der Waals surface area (Å²) in [5.41, 5.74) is 4.20. The van der Waals surface area contributed by atoms with Crippen LogP contribution in [0.5, 0.6) is 5.75 Å². The SMILES string of the molecule is CCc1c2ccccc2cc2c3ccccc3n(CCCCOc3ccccc3)c12. The second-order valence-electron chi connectivity index (χ2n) is 7.86. The molecule has 0 spiro atoms. The van der Waals surface area contributed by atoms with Crippen LogP contribution in [-0.2, 0) is 13.0 Å². The molecule has 4 aromatic carbocycles. The van der Waals surface area contributed by atoms with Crippen molar-refractivity contribution in [2.24, 2.45) is 0 Å². The largest absolute Gasteiger partial charge is 0.494 e. The molecule has 2 nitrogen and oxygen atoms in total. The lowest BCUT2D eigenvalue weighted by Gasteiger charge is -2.13. The molecule has 5 rings (SSSR count). The molecule has 0 unspecified atom stereocenters.